The van der Waals surface area contributed by atoms with E-state index < -0.39 is 0 Å². The lowest BCUT2D eigenvalue weighted by atomic mass is 10.3. The van der Waals surface area contributed by atoms with E-state index in [1.807, 2.05) is 24.3 Å². The number of benzene rings is 1. The van der Waals surface area contributed by atoms with E-state index in [9.17, 15) is 0 Å². The molecule has 2 aromatic rings. The molecule has 0 bridgehead atoms. The maximum atomic E-state index is 3.98. The van der Waals surface area contributed by atoms with Gasteiger partial charge in [0.2, 0.25) is 0 Å². The summed E-state index contributed by atoms with van der Waals surface area (Å²) in [5, 5.41) is 3.36. The molecular formula is C12H12N2S. The lowest BCUT2D eigenvalue weighted by Crippen LogP contribution is -1.91. The molecule has 0 aliphatic carbocycles. The van der Waals surface area contributed by atoms with Gasteiger partial charge < -0.3 is 5.32 Å². The van der Waals surface area contributed by atoms with Crippen molar-refractivity contribution in [3.05, 3.63) is 48.8 Å². The number of nitrogens with one attached hydrogen (secondary N) is 1. The molecule has 2 rings (SSSR count). The lowest BCUT2D eigenvalue weighted by Gasteiger charge is -2.09. The van der Waals surface area contributed by atoms with E-state index in [0.717, 1.165) is 11.4 Å². The number of hydrogen-bond donors (Lipinski definition) is 1. The number of anilines is 2. The van der Waals surface area contributed by atoms with Gasteiger partial charge in [-0.05, 0) is 30.5 Å². The van der Waals surface area contributed by atoms with Gasteiger partial charge in [-0.1, -0.05) is 12.1 Å². The van der Waals surface area contributed by atoms with Crippen LogP contribution >= 0.6 is 11.8 Å². The van der Waals surface area contributed by atoms with E-state index in [1.54, 1.807) is 24.2 Å². The van der Waals surface area contributed by atoms with Crippen LogP contribution in [0.25, 0.3) is 0 Å². The molecule has 0 saturated heterocycles. The fourth-order valence-corrected chi connectivity index (χ4v) is 1.89. The minimum absolute atomic E-state index is 1.06. The monoisotopic (exact) mass is 216 g/mol. The van der Waals surface area contributed by atoms with Crippen LogP contribution in [0.1, 0.15) is 0 Å². The Bertz CT molecular complexity index is 429. The number of nitrogens with zero attached hydrogens (tertiary/aromatic N) is 1. The molecule has 2 nitrogen and oxygen atoms in total. The normalized spacial score (nSPS) is 9.93. The molecule has 1 aromatic heterocycles. The molecule has 1 heterocycles. The molecule has 1 aromatic carbocycles. The maximum absolute atomic E-state index is 3.98. The standard InChI is InChI=1S/C12H12N2S/c1-15-12-5-3-2-4-11(12)14-10-6-8-13-9-7-10/h2-9H,1H3,(H,13,14). The first-order chi connectivity index (χ1) is 7.40. The number of aromatic nitrogens is 1. The Labute approximate surface area is 93.7 Å². The van der Waals surface area contributed by atoms with E-state index in [1.165, 1.54) is 4.90 Å². The molecule has 0 fully saturated rings. The molecule has 0 saturated carbocycles. The van der Waals surface area contributed by atoms with Crippen molar-refractivity contribution in [1.82, 2.24) is 4.98 Å². The fourth-order valence-electron chi connectivity index (χ4n) is 1.34. The van der Waals surface area contributed by atoms with Gasteiger partial charge in [0, 0.05) is 23.0 Å². The van der Waals surface area contributed by atoms with Crippen molar-refractivity contribution in [2.45, 2.75) is 4.90 Å². The Kier molecular flexibility index (Phi) is 3.25. The SMILES string of the molecule is CSc1ccccc1Nc1ccncc1. The van der Waals surface area contributed by atoms with Crippen molar-refractivity contribution in [2.75, 3.05) is 11.6 Å². The van der Waals surface area contributed by atoms with Gasteiger partial charge in [-0.2, -0.15) is 0 Å². The van der Waals surface area contributed by atoms with Crippen LogP contribution in [-0.4, -0.2) is 11.2 Å². The summed E-state index contributed by atoms with van der Waals surface area (Å²) in [7, 11) is 0. The predicted octanol–water partition coefficient (Wildman–Crippen LogP) is 3.55. The summed E-state index contributed by atoms with van der Waals surface area (Å²) < 4.78 is 0. The molecule has 0 amide bonds. The molecule has 0 unspecified atom stereocenters. The highest BCUT2D eigenvalue weighted by Gasteiger charge is 1.99. The molecule has 0 aliphatic heterocycles. The Balaban J connectivity index is 2.24. The van der Waals surface area contributed by atoms with Crippen LogP contribution in [0, 0.1) is 0 Å². The van der Waals surface area contributed by atoms with Gasteiger partial charge in [0.1, 0.15) is 0 Å². The molecule has 76 valence electrons. The second-order valence-corrected chi connectivity index (χ2v) is 3.91. The molecule has 15 heavy (non-hydrogen) atoms. The molecule has 0 spiro atoms. The van der Waals surface area contributed by atoms with Crippen molar-refractivity contribution in [3.8, 4) is 0 Å². The van der Waals surface area contributed by atoms with Crippen LogP contribution in [0.3, 0.4) is 0 Å². The predicted molar refractivity (Wildman–Crippen MR) is 65.7 cm³/mol. The second-order valence-electron chi connectivity index (χ2n) is 3.06. The van der Waals surface area contributed by atoms with Crippen molar-refractivity contribution < 1.29 is 0 Å². The summed E-state index contributed by atoms with van der Waals surface area (Å²) in [6.07, 6.45) is 5.64. The smallest absolute Gasteiger partial charge is 0.0522 e. The fraction of sp³-hybridized carbons (Fsp3) is 0.0833. The third-order valence-electron chi connectivity index (χ3n) is 2.07. The van der Waals surface area contributed by atoms with E-state index in [0.29, 0.717) is 0 Å². The first-order valence-corrected chi connectivity index (χ1v) is 5.92. The highest BCUT2D eigenvalue weighted by Crippen LogP contribution is 2.27. The topological polar surface area (TPSA) is 24.9 Å². The van der Waals surface area contributed by atoms with Crippen LogP contribution in [-0.2, 0) is 0 Å². The quantitative estimate of drug-likeness (QED) is 0.794. The van der Waals surface area contributed by atoms with Gasteiger partial charge in [0.15, 0.2) is 0 Å². The Hall–Kier alpha value is -1.48. The zero-order valence-electron chi connectivity index (χ0n) is 8.47. The Morgan fingerprint density at radius 2 is 1.80 bits per heavy atom. The van der Waals surface area contributed by atoms with E-state index in [2.05, 4.69) is 28.7 Å². The van der Waals surface area contributed by atoms with Crippen molar-refractivity contribution in [3.63, 3.8) is 0 Å². The summed E-state index contributed by atoms with van der Waals surface area (Å²) in [4.78, 5) is 5.23. The number of hydrogen-bond acceptors (Lipinski definition) is 3. The number of rotatable bonds is 3. The van der Waals surface area contributed by atoms with Crippen LogP contribution in [0.15, 0.2) is 53.7 Å². The Morgan fingerprint density at radius 3 is 2.53 bits per heavy atom. The highest BCUT2D eigenvalue weighted by atomic mass is 32.2. The van der Waals surface area contributed by atoms with Gasteiger partial charge in [0.25, 0.3) is 0 Å². The zero-order chi connectivity index (χ0) is 10.5. The molecule has 0 aliphatic rings. The van der Waals surface area contributed by atoms with Gasteiger partial charge in [0.05, 0.1) is 5.69 Å². The van der Waals surface area contributed by atoms with Gasteiger partial charge >= 0.3 is 0 Å². The van der Waals surface area contributed by atoms with Crippen molar-refractivity contribution >= 4 is 23.1 Å². The van der Waals surface area contributed by atoms with E-state index in [4.69, 9.17) is 0 Å². The summed E-state index contributed by atoms with van der Waals surface area (Å²) >= 11 is 1.74. The first-order valence-electron chi connectivity index (χ1n) is 4.70. The average Bonchev–Trinajstić information content (AvgIpc) is 2.31. The summed E-state index contributed by atoms with van der Waals surface area (Å²) in [5.74, 6) is 0. The molecule has 0 radical (unpaired) electrons. The zero-order valence-corrected chi connectivity index (χ0v) is 9.29. The highest BCUT2D eigenvalue weighted by molar-refractivity contribution is 7.98. The van der Waals surface area contributed by atoms with Crippen LogP contribution in [0.5, 0.6) is 0 Å². The molecule has 1 N–H and O–H groups in total. The van der Waals surface area contributed by atoms with Crippen LogP contribution in [0.4, 0.5) is 11.4 Å². The summed E-state index contributed by atoms with van der Waals surface area (Å²) in [5.41, 5.74) is 2.20. The molecule has 3 heteroatoms. The van der Waals surface area contributed by atoms with Crippen molar-refractivity contribution in [2.24, 2.45) is 0 Å². The Morgan fingerprint density at radius 1 is 1.07 bits per heavy atom. The summed E-state index contributed by atoms with van der Waals surface area (Å²) in [6, 6.07) is 12.2. The van der Waals surface area contributed by atoms with Gasteiger partial charge in [-0.25, -0.2) is 0 Å². The van der Waals surface area contributed by atoms with E-state index in [-0.39, 0.29) is 0 Å². The van der Waals surface area contributed by atoms with Crippen LogP contribution < -0.4 is 5.32 Å². The van der Waals surface area contributed by atoms with Crippen LogP contribution in [0.2, 0.25) is 0 Å². The minimum atomic E-state index is 1.06. The third-order valence-corrected chi connectivity index (χ3v) is 2.86. The maximum Gasteiger partial charge on any atom is 0.0522 e. The summed E-state index contributed by atoms with van der Waals surface area (Å²) in [6.45, 7) is 0. The average molecular weight is 216 g/mol. The number of pyridine rings is 1. The lowest BCUT2D eigenvalue weighted by molar-refractivity contribution is 1.32. The molecule has 0 atom stereocenters. The number of para-hydroxylation sites is 1. The first kappa shape index (κ1) is 10.1. The molecular weight excluding hydrogens is 204 g/mol. The van der Waals surface area contributed by atoms with Gasteiger partial charge in [-0.15, -0.1) is 11.8 Å². The second kappa shape index (κ2) is 4.84. The largest absolute Gasteiger partial charge is 0.355 e. The third kappa shape index (κ3) is 2.50. The number of thioether (sulfide) groups is 1. The minimum Gasteiger partial charge on any atom is -0.355 e. The van der Waals surface area contributed by atoms with Crippen molar-refractivity contribution in [1.29, 1.82) is 0 Å². The van der Waals surface area contributed by atoms with Gasteiger partial charge in [-0.3, -0.25) is 4.98 Å². The van der Waals surface area contributed by atoms with E-state index >= 15 is 0 Å².